The van der Waals surface area contributed by atoms with Crippen molar-refractivity contribution in [2.45, 2.75) is 31.4 Å². The quantitative estimate of drug-likeness (QED) is 0.584. The van der Waals surface area contributed by atoms with Crippen molar-refractivity contribution in [2.24, 2.45) is 0 Å². The van der Waals surface area contributed by atoms with Crippen LogP contribution in [0, 0.1) is 0 Å². The number of ether oxygens (including phenoxy) is 1. The number of anilines is 3. The lowest BCUT2D eigenvalue weighted by Gasteiger charge is -2.41. The standard InChI is InChI=1S/C19H26N8O4S/c1-21-32(28,29)31-14-8-13(9-14)27-3-2-15-16(12-10-22-18(20)23-11-12)24-19(25-17(15)27)26-4-6-30-7-5-26/h10-11,13-14,21H,2-9H2,1H3,(H2,20,22,23)/t13-,14-. The molecule has 172 valence electrons. The van der Waals surface area contributed by atoms with E-state index >= 15 is 0 Å². The van der Waals surface area contributed by atoms with Crippen molar-refractivity contribution in [2.75, 3.05) is 55.4 Å². The summed E-state index contributed by atoms with van der Waals surface area (Å²) in [5.74, 6) is 1.75. The van der Waals surface area contributed by atoms with Crippen molar-refractivity contribution in [3.05, 3.63) is 18.0 Å². The normalized spacial score (nSPS) is 23.2. The Hall–Kier alpha value is -2.61. The molecule has 0 atom stereocenters. The number of fused-ring (bicyclic) bond motifs is 1. The minimum absolute atomic E-state index is 0.163. The fourth-order valence-electron chi connectivity index (χ4n) is 4.32. The molecule has 0 unspecified atom stereocenters. The first-order valence-electron chi connectivity index (χ1n) is 10.6. The molecule has 32 heavy (non-hydrogen) atoms. The molecule has 2 aromatic heterocycles. The van der Waals surface area contributed by atoms with E-state index in [-0.39, 0.29) is 18.1 Å². The Bertz CT molecular complexity index is 1090. The summed E-state index contributed by atoms with van der Waals surface area (Å²) in [6, 6.07) is 0.163. The zero-order valence-corrected chi connectivity index (χ0v) is 18.6. The number of hydrogen-bond acceptors (Lipinski definition) is 11. The number of aromatic nitrogens is 4. The van der Waals surface area contributed by atoms with Gasteiger partial charge < -0.3 is 20.3 Å². The van der Waals surface area contributed by atoms with Crippen LogP contribution in [-0.2, 0) is 25.6 Å². The fraction of sp³-hybridized carbons (Fsp3) is 0.579. The summed E-state index contributed by atoms with van der Waals surface area (Å²) in [4.78, 5) is 22.4. The first kappa shape index (κ1) is 21.2. The zero-order chi connectivity index (χ0) is 22.3. The van der Waals surface area contributed by atoms with Gasteiger partial charge in [-0.2, -0.15) is 18.1 Å². The molecule has 0 radical (unpaired) electrons. The van der Waals surface area contributed by atoms with Gasteiger partial charge in [-0.15, -0.1) is 0 Å². The molecule has 1 saturated heterocycles. The van der Waals surface area contributed by atoms with E-state index in [9.17, 15) is 8.42 Å². The first-order chi connectivity index (χ1) is 15.4. The Kier molecular flexibility index (Phi) is 5.57. The highest BCUT2D eigenvalue weighted by Gasteiger charge is 2.41. The van der Waals surface area contributed by atoms with Gasteiger partial charge in [0.15, 0.2) is 0 Å². The van der Waals surface area contributed by atoms with Crippen molar-refractivity contribution in [1.29, 1.82) is 0 Å². The topological polar surface area (TPSA) is 149 Å². The lowest BCUT2D eigenvalue weighted by molar-refractivity contribution is 0.102. The van der Waals surface area contributed by atoms with Gasteiger partial charge in [-0.05, 0) is 19.3 Å². The molecule has 1 saturated carbocycles. The molecular weight excluding hydrogens is 436 g/mol. The van der Waals surface area contributed by atoms with Gasteiger partial charge in [0.05, 0.1) is 25.0 Å². The van der Waals surface area contributed by atoms with Crippen molar-refractivity contribution in [3.8, 4) is 11.3 Å². The molecule has 12 nitrogen and oxygen atoms in total. The third kappa shape index (κ3) is 4.08. The Balaban J connectivity index is 1.45. The van der Waals surface area contributed by atoms with E-state index in [2.05, 4.69) is 24.5 Å². The first-order valence-corrected chi connectivity index (χ1v) is 12.0. The van der Waals surface area contributed by atoms with Crippen LogP contribution in [0.2, 0.25) is 0 Å². The third-order valence-electron chi connectivity index (χ3n) is 6.11. The number of nitrogens with two attached hydrogens (primary N) is 1. The fourth-order valence-corrected chi connectivity index (χ4v) is 4.94. The van der Waals surface area contributed by atoms with E-state index in [1.54, 1.807) is 12.4 Å². The molecule has 13 heteroatoms. The van der Waals surface area contributed by atoms with Gasteiger partial charge in [-0.1, -0.05) is 0 Å². The van der Waals surface area contributed by atoms with E-state index in [4.69, 9.17) is 24.6 Å². The monoisotopic (exact) mass is 462 g/mol. The van der Waals surface area contributed by atoms with E-state index in [1.807, 2.05) is 0 Å². The molecular formula is C19H26N8O4S. The molecule has 2 aromatic rings. The van der Waals surface area contributed by atoms with Crippen LogP contribution < -0.4 is 20.3 Å². The number of nitrogen functional groups attached to an aromatic ring is 1. The van der Waals surface area contributed by atoms with Crippen LogP contribution in [0.25, 0.3) is 11.3 Å². The van der Waals surface area contributed by atoms with Crippen LogP contribution >= 0.6 is 0 Å². The summed E-state index contributed by atoms with van der Waals surface area (Å²) in [7, 11) is -2.35. The average Bonchev–Trinajstić information content (AvgIpc) is 3.20. The van der Waals surface area contributed by atoms with Gasteiger partial charge in [-0.25, -0.2) is 15.0 Å². The molecule has 1 aliphatic carbocycles. The summed E-state index contributed by atoms with van der Waals surface area (Å²) in [5, 5.41) is 0. The van der Waals surface area contributed by atoms with Crippen LogP contribution in [0.15, 0.2) is 12.4 Å². The molecule has 4 heterocycles. The maximum Gasteiger partial charge on any atom is 0.335 e. The molecule has 0 spiro atoms. The second-order valence-electron chi connectivity index (χ2n) is 8.05. The summed E-state index contributed by atoms with van der Waals surface area (Å²) in [6.45, 7) is 3.49. The highest BCUT2D eigenvalue weighted by molar-refractivity contribution is 7.84. The molecule has 0 bridgehead atoms. The molecule has 3 N–H and O–H groups in total. The number of nitrogens with one attached hydrogen (secondary N) is 1. The van der Waals surface area contributed by atoms with Gasteiger partial charge >= 0.3 is 10.3 Å². The third-order valence-corrected chi connectivity index (χ3v) is 7.14. The Morgan fingerprint density at radius 1 is 1.16 bits per heavy atom. The smallest absolute Gasteiger partial charge is 0.335 e. The predicted octanol–water partition coefficient (Wildman–Crippen LogP) is -0.273. The summed E-state index contributed by atoms with van der Waals surface area (Å²) >= 11 is 0. The molecule has 0 amide bonds. The predicted molar refractivity (Wildman–Crippen MR) is 117 cm³/mol. The summed E-state index contributed by atoms with van der Waals surface area (Å²) < 4.78 is 36.2. The number of nitrogens with zero attached hydrogens (tertiary/aromatic N) is 6. The minimum Gasteiger partial charge on any atom is -0.378 e. The number of morpholine rings is 1. The molecule has 5 rings (SSSR count). The van der Waals surface area contributed by atoms with Crippen LogP contribution in [0.4, 0.5) is 17.7 Å². The zero-order valence-electron chi connectivity index (χ0n) is 17.8. The molecule has 2 aliphatic heterocycles. The van der Waals surface area contributed by atoms with Crippen LogP contribution in [0.5, 0.6) is 0 Å². The molecule has 3 aliphatic rings. The second-order valence-corrected chi connectivity index (χ2v) is 9.56. The van der Waals surface area contributed by atoms with Gasteiger partial charge in [0.1, 0.15) is 5.82 Å². The second kappa shape index (κ2) is 8.39. The lowest BCUT2D eigenvalue weighted by Crippen LogP contribution is -2.49. The Labute approximate surface area is 186 Å². The van der Waals surface area contributed by atoms with E-state index < -0.39 is 10.3 Å². The van der Waals surface area contributed by atoms with Crippen molar-refractivity contribution in [3.63, 3.8) is 0 Å². The van der Waals surface area contributed by atoms with E-state index in [0.717, 1.165) is 48.7 Å². The van der Waals surface area contributed by atoms with E-state index in [0.29, 0.717) is 32.0 Å². The number of rotatable bonds is 6. The van der Waals surface area contributed by atoms with Gasteiger partial charge in [-0.3, -0.25) is 4.18 Å². The van der Waals surface area contributed by atoms with Gasteiger partial charge in [0.25, 0.3) is 0 Å². The highest BCUT2D eigenvalue weighted by Crippen LogP contribution is 2.40. The Morgan fingerprint density at radius 2 is 1.88 bits per heavy atom. The van der Waals surface area contributed by atoms with Crippen molar-refractivity contribution in [1.82, 2.24) is 24.7 Å². The van der Waals surface area contributed by atoms with Gasteiger partial charge in [0, 0.05) is 56.2 Å². The van der Waals surface area contributed by atoms with Crippen LogP contribution in [0.1, 0.15) is 18.4 Å². The maximum atomic E-state index is 11.7. The van der Waals surface area contributed by atoms with Crippen LogP contribution in [-0.4, -0.2) is 80.4 Å². The Morgan fingerprint density at radius 3 is 2.56 bits per heavy atom. The molecule has 0 aromatic carbocycles. The largest absolute Gasteiger partial charge is 0.378 e. The average molecular weight is 463 g/mol. The van der Waals surface area contributed by atoms with Gasteiger partial charge in [0.2, 0.25) is 11.9 Å². The van der Waals surface area contributed by atoms with Crippen molar-refractivity contribution >= 4 is 28.0 Å². The van der Waals surface area contributed by atoms with Crippen molar-refractivity contribution < 1.29 is 17.3 Å². The number of hydrogen-bond donors (Lipinski definition) is 2. The summed E-state index contributed by atoms with van der Waals surface area (Å²) in [6.07, 6.45) is 5.08. The van der Waals surface area contributed by atoms with Crippen LogP contribution in [0.3, 0.4) is 0 Å². The lowest BCUT2D eigenvalue weighted by atomic mass is 9.88. The SMILES string of the molecule is CNS(=O)(=O)O[C@H]1C[C@H](N2CCc3c(-c4cnc(N)nc4)nc(N4CCOCC4)nc32)C1. The maximum absolute atomic E-state index is 11.7. The molecule has 2 fully saturated rings. The van der Waals surface area contributed by atoms with E-state index in [1.165, 1.54) is 7.05 Å². The summed E-state index contributed by atoms with van der Waals surface area (Å²) in [5.41, 5.74) is 8.32. The highest BCUT2D eigenvalue weighted by atomic mass is 32.2. The minimum atomic E-state index is -3.69.